The summed E-state index contributed by atoms with van der Waals surface area (Å²) in [5, 5.41) is 0. The zero-order valence-corrected chi connectivity index (χ0v) is 19.1. The number of nitrogens with one attached hydrogen (secondary N) is 1. The predicted octanol–water partition coefficient (Wildman–Crippen LogP) is 3.78. The number of nitrogens with zero attached hydrogens (tertiary/aromatic N) is 3. The molecule has 1 aliphatic heterocycles. The van der Waals surface area contributed by atoms with E-state index in [1.807, 2.05) is 26.0 Å². The number of benzene rings is 1. The molecule has 1 aliphatic carbocycles. The van der Waals surface area contributed by atoms with E-state index in [1.165, 1.54) is 5.56 Å². The summed E-state index contributed by atoms with van der Waals surface area (Å²) < 4.78 is 11.7. The predicted molar refractivity (Wildman–Crippen MR) is 127 cm³/mol. The summed E-state index contributed by atoms with van der Waals surface area (Å²) in [5.41, 5.74) is 5.83. The van der Waals surface area contributed by atoms with Gasteiger partial charge in [0.25, 0.3) is 5.56 Å². The number of fused-ring (bicyclic) bond motifs is 2. The Morgan fingerprint density at radius 3 is 2.70 bits per heavy atom. The molecule has 1 aromatic carbocycles. The maximum Gasteiger partial charge on any atom is 0.254 e. The van der Waals surface area contributed by atoms with Gasteiger partial charge in [0.15, 0.2) is 11.5 Å². The van der Waals surface area contributed by atoms with E-state index in [0.29, 0.717) is 25.5 Å². The Balaban J connectivity index is 1.47. The van der Waals surface area contributed by atoms with E-state index in [-0.39, 0.29) is 11.5 Å². The molecule has 7 nitrogen and oxygen atoms in total. The highest BCUT2D eigenvalue weighted by Gasteiger charge is 2.30. The lowest BCUT2D eigenvalue weighted by molar-refractivity contribution is 0.287. The molecule has 33 heavy (non-hydrogen) atoms. The minimum atomic E-state index is -0.0677. The molecule has 0 fully saturated rings. The number of ether oxygens (including phenoxy) is 2. The molecular weight excluding hydrogens is 416 g/mol. The third kappa shape index (κ3) is 4.15. The first kappa shape index (κ1) is 21.4. The summed E-state index contributed by atoms with van der Waals surface area (Å²) in [4.78, 5) is 29.8. The van der Waals surface area contributed by atoms with Crippen molar-refractivity contribution in [1.82, 2.24) is 15.0 Å². The third-order valence-corrected chi connectivity index (χ3v) is 6.31. The van der Waals surface area contributed by atoms with Crippen molar-refractivity contribution in [2.45, 2.75) is 39.5 Å². The first-order chi connectivity index (χ1) is 16.2. The van der Waals surface area contributed by atoms with Crippen LogP contribution in [0.2, 0.25) is 0 Å². The standard InChI is InChI=1S/C26H28N4O3/c1-3-32-22-13-16-9-11-28-24(19(16)14-23(22)33-4-2)17-7-8-21-20(12-17)26(31)30-25(29-21)18-6-5-10-27-15-18/h5-6,10,13-15,17H,3-4,7-9,11-12H2,1-2H3,(H,29,30,31). The van der Waals surface area contributed by atoms with Crippen LogP contribution in [0.25, 0.3) is 11.4 Å². The monoisotopic (exact) mass is 444 g/mol. The molecule has 2 aliphatic rings. The maximum absolute atomic E-state index is 13.0. The fraction of sp³-hybridized carbons (Fsp3) is 0.385. The average molecular weight is 445 g/mol. The molecule has 5 rings (SSSR count). The molecule has 0 saturated carbocycles. The van der Waals surface area contributed by atoms with E-state index in [0.717, 1.165) is 65.4 Å². The summed E-state index contributed by atoms with van der Waals surface area (Å²) in [6, 6.07) is 7.93. The van der Waals surface area contributed by atoms with E-state index in [1.54, 1.807) is 12.4 Å². The van der Waals surface area contributed by atoms with Gasteiger partial charge in [-0.15, -0.1) is 0 Å². The molecule has 3 aromatic rings. The number of pyridine rings is 1. The number of rotatable bonds is 6. The second kappa shape index (κ2) is 9.17. The highest BCUT2D eigenvalue weighted by Crippen LogP contribution is 2.36. The van der Waals surface area contributed by atoms with Crippen LogP contribution in [0.4, 0.5) is 0 Å². The minimum Gasteiger partial charge on any atom is -0.490 e. The lowest BCUT2D eigenvalue weighted by Gasteiger charge is -2.29. The SMILES string of the molecule is CCOc1cc2c(cc1OCC)C(C1CCc3nc(-c4cccnc4)[nH]c(=O)c3C1)=NCC2. The smallest absolute Gasteiger partial charge is 0.254 e. The minimum absolute atomic E-state index is 0.0677. The van der Waals surface area contributed by atoms with Gasteiger partial charge in [0, 0.05) is 47.3 Å². The van der Waals surface area contributed by atoms with Crippen molar-refractivity contribution in [3.05, 3.63) is 69.4 Å². The summed E-state index contributed by atoms with van der Waals surface area (Å²) in [6.45, 7) is 5.87. The van der Waals surface area contributed by atoms with Gasteiger partial charge in [0.1, 0.15) is 5.82 Å². The number of aryl methyl sites for hydroxylation is 1. The van der Waals surface area contributed by atoms with Crippen LogP contribution < -0.4 is 15.0 Å². The first-order valence-corrected chi connectivity index (χ1v) is 11.7. The molecule has 0 radical (unpaired) electrons. The van der Waals surface area contributed by atoms with Crippen LogP contribution in [0.15, 0.2) is 46.4 Å². The zero-order chi connectivity index (χ0) is 22.8. The second-order valence-electron chi connectivity index (χ2n) is 8.36. The van der Waals surface area contributed by atoms with Gasteiger partial charge in [-0.3, -0.25) is 14.8 Å². The lowest BCUT2D eigenvalue weighted by atomic mass is 9.79. The molecule has 0 amide bonds. The lowest BCUT2D eigenvalue weighted by Crippen LogP contribution is -2.32. The number of aromatic amines is 1. The van der Waals surface area contributed by atoms with Gasteiger partial charge in [0.2, 0.25) is 0 Å². The fourth-order valence-corrected chi connectivity index (χ4v) is 4.81. The van der Waals surface area contributed by atoms with E-state index in [4.69, 9.17) is 19.5 Å². The average Bonchev–Trinajstić information content (AvgIpc) is 2.85. The fourth-order valence-electron chi connectivity index (χ4n) is 4.81. The van der Waals surface area contributed by atoms with E-state index < -0.39 is 0 Å². The van der Waals surface area contributed by atoms with E-state index in [2.05, 4.69) is 22.1 Å². The normalized spacial score (nSPS) is 17.0. The molecule has 0 saturated heterocycles. The molecule has 0 spiro atoms. The van der Waals surface area contributed by atoms with Gasteiger partial charge in [0.05, 0.1) is 18.9 Å². The molecule has 7 heteroatoms. The topological polar surface area (TPSA) is 89.5 Å². The van der Waals surface area contributed by atoms with Crippen molar-refractivity contribution in [2.75, 3.05) is 19.8 Å². The Morgan fingerprint density at radius 1 is 1.12 bits per heavy atom. The number of H-pyrrole nitrogens is 1. The van der Waals surface area contributed by atoms with Crippen LogP contribution in [0.3, 0.4) is 0 Å². The molecule has 170 valence electrons. The van der Waals surface area contributed by atoms with Crippen LogP contribution in [0.5, 0.6) is 11.5 Å². The number of aliphatic imine (C=N–C) groups is 1. The number of hydrogen-bond acceptors (Lipinski definition) is 6. The van der Waals surface area contributed by atoms with Gasteiger partial charge in [-0.2, -0.15) is 0 Å². The van der Waals surface area contributed by atoms with Gasteiger partial charge < -0.3 is 14.5 Å². The first-order valence-electron chi connectivity index (χ1n) is 11.7. The maximum atomic E-state index is 13.0. The van der Waals surface area contributed by atoms with Crippen LogP contribution in [0.1, 0.15) is 42.7 Å². The molecular formula is C26H28N4O3. The largest absolute Gasteiger partial charge is 0.490 e. The Morgan fingerprint density at radius 2 is 1.94 bits per heavy atom. The molecule has 1 unspecified atom stereocenters. The summed E-state index contributed by atoms with van der Waals surface area (Å²) in [7, 11) is 0. The Kier molecular flexibility index (Phi) is 5.94. The molecule has 2 aromatic heterocycles. The number of aromatic nitrogens is 3. The van der Waals surface area contributed by atoms with Gasteiger partial charge in [-0.05, 0) is 69.4 Å². The van der Waals surface area contributed by atoms with Crippen molar-refractivity contribution in [1.29, 1.82) is 0 Å². The summed E-state index contributed by atoms with van der Waals surface area (Å²) >= 11 is 0. The van der Waals surface area contributed by atoms with Gasteiger partial charge in [-0.25, -0.2) is 4.98 Å². The summed E-state index contributed by atoms with van der Waals surface area (Å²) in [6.07, 6.45) is 6.61. The molecule has 1 N–H and O–H groups in total. The third-order valence-electron chi connectivity index (χ3n) is 6.31. The Bertz CT molecular complexity index is 1250. The summed E-state index contributed by atoms with van der Waals surface area (Å²) in [5.74, 6) is 2.30. The van der Waals surface area contributed by atoms with Crippen LogP contribution >= 0.6 is 0 Å². The van der Waals surface area contributed by atoms with E-state index >= 15 is 0 Å². The van der Waals surface area contributed by atoms with Crippen LogP contribution in [-0.2, 0) is 19.3 Å². The molecule has 0 bridgehead atoms. The molecule has 1 atom stereocenters. The van der Waals surface area contributed by atoms with Gasteiger partial charge >= 0.3 is 0 Å². The highest BCUT2D eigenvalue weighted by molar-refractivity contribution is 6.05. The van der Waals surface area contributed by atoms with Gasteiger partial charge in [-0.1, -0.05) is 0 Å². The van der Waals surface area contributed by atoms with Crippen LogP contribution in [-0.4, -0.2) is 40.4 Å². The quantitative estimate of drug-likeness (QED) is 0.625. The van der Waals surface area contributed by atoms with E-state index in [9.17, 15) is 4.79 Å². The second-order valence-corrected chi connectivity index (χ2v) is 8.36. The van der Waals surface area contributed by atoms with Crippen molar-refractivity contribution < 1.29 is 9.47 Å². The van der Waals surface area contributed by atoms with Crippen molar-refractivity contribution in [3.63, 3.8) is 0 Å². The van der Waals surface area contributed by atoms with Crippen molar-refractivity contribution in [3.8, 4) is 22.9 Å². The zero-order valence-electron chi connectivity index (χ0n) is 19.1. The Hall–Kier alpha value is -3.48. The number of hydrogen-bond donors (Lipinski definition) is 1. The van der Waals surface area contributed by atoms with Crippen molar-refractivity contribution >= 4 is 5.71 Å². The van der Waals surface area contributed by atoms with Crippen molar-refractivity contribution in [2.24, 2.45) is 10.9 Å². The highest BCUT2D eigenvalue weighted by atomic mass is 16.5. The van der Waals surface area contributed by atoms with Crippen LogP contribution in [0, 0.1) is 5.92 Å². The Labute approximate surface area is 192 Å². The molecule has 3 heterocycles.